The van der Waals surface area contributed by atoms with E-state index in [0.29, 0.717) is 30.5 Å². The number of nitro groups is 1. The Morgan fingerprint density at radius 3 is 2.83 bits per heavy atom. The molecule has 0 aliphatic rings. The molecule has 0 saturated carbocycles. The van der Waals surface area contributed by atoms with Crippen LogP contribution in [0.4, 0.5) is 5.69 Å². The first kappa shape index (κ1) is 13.6. The van der Waals surface area contributed by atoms with Gasteiger partial charge in [-0.3, -0.25) is 14.9 Å². The molecule has 0 saturated heterocycles. The maximum absolute atomic E-state index is 11.7. The molecule has 0 atom stereocenters. The molecule has 0 heterocycles. The number of nitro benzene ring substituents is 1. The molecule has 0 fully saturated rings. The van der Waals surface area contributed by atoms with Crippen molar-refractivity contribution in [3.05, 3.63) is 39.4 Å². The zero-order chi connectivity index (χ0) is 13.5. The van der Waals surface area contributed by atoms with Crippen LogP contribution in [0.25, 0.3) is 0 Å². The number of amides is 1. The molecule has 1 amide bonds. The van der Waals surface area contributed by atoms with Crippen molar-refractivity contribution in [2.75, 3.05) is 6.54 Å². The van der Waals surface area contributed by atoms with E-state index in [1.165, 1.54) is 18.2 Å². The molecule has 0 aliphatic heterocycles. The Balaban J connectivity index is 2.69. The number of nitrogens with one attached hydrogen (secondary N) is 1. The minimum Gasteiger partial charge on any atom is -0.352 e. The van der Waals surface area contributed by atoms with Gasteiger partial charge in [0, 0.05) is 30.7 Å². The van der Waals surface area contributed by atoms with Crippen LogP contribution in [-0.2, 0) is 0 Å². The summed E-state index contributed by atoms with van der Waals surface area (Å²) in [5.41, 5.74) is 0.938. The SMILES string of the molecule is Cc1cc([N+](=O)[O-])ccc1C(=O)NCCCC#N. The number of unbranched alkanes of at least 4 members (excludes halogenated alkanes) is 1. The van der Waals surface area contributed by atoms with Crippen LogP contribution in [0, 0.1) is 28.4 Å². The van der Waals surface area contributed by atoms with E-state index >= 15 is 0 Å². The van der Waals surface area contributed by atoms with Gasteiger partial charge in [-0.2, -0.15) is 5.26 Å². The number of benzene rings is 1. The molecule has 0 aromatic heterocycles. The van der Waals surface area contributed by atoms with E-state index in [4.69, 9.17) is 5.26 Å². The van der Waals surface area contributed by atoms with E-state index < -0.39 is 4.92 Å². The van der Waals surface area contributed by atoms with Crippen LogP contribution >= 0.6 is 0 Å². The Kier molecular flexibility index (Phi) is 4.81. The van der Waals surface area contributed by atoms with Crippen molar-refractivity contribution >= 4 is 11.6 Å². The molecular weight excluding hydrogens is 234 g/mol. The highest BCUT2D eigenvalue weighted by Gasteiger charge is 2.12. The molecule has 0 bridgehead atoms. The Labute approximate surface area is 104 Å². The summed E-state index contributed by atoms with van der Waals surface area (Å²) in [5, 5.41) is 21.6. The fourth-order valence-electron chi connectivity index (χ4n) is 1.48. The van der Waals surface area contributed by atoms with Crippen LogP contribution in [0.5, 0.6) is 0 Å². The Hall–Kier alpha value is -2.42. The van der Waals surface area contributed by atoms with Gasteiger partial charge in [0.25, 0.3) is 11.6 Å². The Morgan fingerprint density at radius 2 is 2.28 bits per heavy atom. The van der Waals surface area contributed by atoms with Gasteiger partial charge in [-0.25, -0.2) is 0 Å². The largest absolute Gasteiger partial charge is 0.352 e. The average molecular weight is 247 g/mol. The van der Waals surface area contributed by atoms with Gasteiger partial charge in [-0.05, 0) is 25.0 Å². The predicted molar refractivity (Wildman–Crippen MR) is 65.0 cm³/mol. The summed E-state index contributed by atoms with van der Waals surface area (Å²) in [7, 11) is 0. The number of nitrogens with zero attached hydrogens (tertiary/aromatic N) is 2. The van der Waals surface area contributed by atoms with Gasteiger partial charge >= 0.3 is 0 Å². The van der Waals surface area contributed by atoms with Gasteiger partial charge < -0.3 is 5.32 Å². The number of nitriles is 1. The average Bonchev–Trinajstić information content (AvgIpc) is 2.34. The molecule has 1 rings (SSSR count). The van der Waals surface area contributed by atoms with E-state index in [-0.39, 0.29) is 11.6 Å². The highest BCUT2D eigenvalue weighted by Crippen LogP contribution is 2.16. The van der Waals surface area contributed by atoms with E-state index in [0.717, 1.165) is 0 Å². The molecule has 1 aromatic carbocycles. The second-order valence-electron chi connectivity index (χ2n) is 3.77. The van der Waals surface area contributed by atoms with Gasteiger partial charge in [-0.15, -0.1) is 0 Å². The first-order chi connectivity index (χ1) is 8.56. The van der Waals surface area contributed by atoms with Crippen molar-refractivity contribution in [1.29, 1.82) is 5.26 Å². The molecule has 18 heavy (non-hydrogen) atoms. The minimum absolute atomic E-state index is 0.0338. The smallest absolute Gasteiger partial charge is 0.269 e. The van der Waals surface area contributed by atoms with Crippen LogP contribution in [0.3, 0.4) is 0 Å². The second kappa shape index (κ2) is 6.35. The lowest BCUT2D eigenvalue weighted by Gasteiger charge is -2.06. The van der Waals surface area contributed by atoms with Gasteiger partial charge in [-0.1, -0.05) is 0 Å². The van der Waals surface area contributed by atoms with Gasteiger partial charge in [0.15, 0.2) is 0 Å². The van der Waals surface area contributed by atoms with E-state index in [2.05, 4.69) is 5.32 Å². The lowest BCUT2D eigenvalue weighted by Crippen LogP contribution is -2.25. The summed E-state index contributed by atoms with van der Waals surface area (Å²) < 4.78 is 0. The molecule has 0 unspecified atom stereocenters. The summed E-state index contributed by atoms with van der Waals surface area (Å²) in [6.45, 7) is 2.07. The molecule has 0 aliphatic carbocycles. The molecule has 94 valence electrons. The van der Waals surface area contributed by atoms with Gasteiger partial charge in [0.05, 0.1) is 11.0 Å². The Morgan fingerprint density at radius 1 is 1.56 bits per heavy atom. The second-order valence-corrected chi connectivity index (χ2v) is 3.77. The minimum atomic E-state index is -0.498. The van der Waals surface area contributed by atoms with Crippen molar-refractivity contribution < 1.29 is 9.72 Å². The van der Waals surface area contributed by atoms with E-state index in [1.54, 1.807) is 6.92 Å². The summed E-state index contributed by atoms with van der Waals surface area (Å²) in [5.74, 6) is -0.277. The summed E-state index contributed by atoms with van der Waals surface area (Å²) in [4.78, 5) is 21.8. The third-order valence-corrected chi connectivity index (χ3v) is 2.42. The van der Waals surface area contributed by atoms with Crippen molar-refractivity contribution in [3.8, 4) is 6.07 Å². The molecule has 1 aromatic rings. The number of non-ortho nitro benzene ring substituents is 1. The van der Waals surface area contributed by atoms with E-state index in [9.17, 15) is 14.9 Å². The lowest BCUT2D eigenvalue weighted by molar-refractivity contribution is -0.384. The Bertz CT molecular complexity index is 506. The van der Waals surface area contributed by atoms with Gasteiger partial charge in [0.1, 0.15) is 0 Å². The number of aryl methyl sites for hydroxylation is 1. The third-order valence-electron chi connectivity index (χ3n) is 2.42. The lowest BCUT2D eigenvalue weighted by atomic mass is 10.1. The standard InChI is InChI=1S/C12H13N3O3/c1-9-8-10(15(17)18)4-5-11(9)12(16)14-7-3-2-6-13/h4-5,8H,2-3,7H2,1H3,(H,14,16). The molecular formula is C12H13N3O3. The van der Waals surface area contributed by atoms with Crippen LogP contribution in [0.2, 0.25) is 0 Å². The van der Waals surface area contributed by atoms with Gasteiger partial charge in [0.2, 0.25) is 0 Å². The van der Waals surface area contributed by atoms with E-state index in [1.807, 2.05) is 6.07 Å². The highest BCUT2D eigenvalue weighted by molar-refractivity contribution is 5.95. The molecule has 6 nitrogen and oxygen atoms in total. The third kappa shape index (κ3) is 3.56. The molecule has 0 spiro atoms. The summed E-state index contributed by atoms with van der Waals surface area (Å²) in [6.07, 6.45) is 0.980. The fourth-order valence-corrected chi connectivity index (χ4v) is 1.48. The maximum Gasteiger partial charge on any atom is 0.269 e. The van der Waals surface area contributed by atoms with Crippen LogP contribution < -0.4 is 5.32 Å². The monoisotopic (exact) mass is 247 g/mol. The predicted octanol–water partition coefficient (Wildman–Crippen LogP) is 1.94. The molecule has 1 N–H and O–H groups in total. The summed E-state index contributed by atoms with van der Waals surface area (Å²) >= 11 is 0. The van der Waals surface area contributed by atoms with Crippen molar-refractivity contribution in [3.63, 3.8) is 0 Å². The maximum atomic E-state index is 11.7. The van der Waals surface area contributed by atoms with Crippen LogP contribution in [0.15, 0.2) is 18.2 Å². The van der Waals surface area contributed by atoms with Crippen molar-refractivity contribution in [1.82, 2.24) is 5.32 Å². The van der Waals surface area contributed by atoms with Crippen LogP contribution in [-0.4, -0.2) is 17.4 Å². The zero-order valence-corrected chi connectivity index (χ0v) is 9.97. The van der Waals surface area contributed by atoms with Crippen molar-refractivity contribution in [2.45, 2.75) is 19.8 Å². The quantitative estimate of drug-likeness (QED) is 0.488. The number of rotatable bonds is 5. The first-order valence-electron chi connectivity index (χ1n) is 5.46. The number of hydrogen-bond donors (Lipinski definition) is 1. The summed E-state index contributed by atoms with van der Waals surface area (Å²) in [6, 6.07) is 6.09. The first-order valence-corrected chi connectivity index (χ1v) is 5.46. The zero-order valence-electron chi connectivity index (χ0n) is 9.97. The number of carbonyl (C=O) groups excluding carboxylic acids is 1. The number of hydrogen-bond acceptors (Lipinski definition) is 4. The topological polar surface area (TPSA) is 96.0 Å². The van der Waals surface area contributed by atoms with Crippen molar-refractivity contribution in [2.24, 2.45) is 0 Å². The highest BCUT2D eigenvalue weighted by atomic mass is 16.6. The normalized spacial score (nSPS) is 9.56. The number of carbonyl (C=O) groups is 1. The molecule has 0 radical (unpaired) electrons. The van der Waals surface area contributed by atoms with Crippen LogP contribution in [0.1, 0.15) is 28.8 Å². The molecule has 6 heteroatoms. The fraction of sp³-hybridized carbons (Fsp3) is 0.333.